The number of imide groups is 1. The summed E-state index contributed by atoms with van der Waals surface area (Å²) in [5.41, 5.74) is 0. The summed E-state index contributed by atoms with van der Waals surface area (Å²) in [7, 11) is 0. The highest BCUT2D eigenvalue weighted by molar-refractivity contribution is 6.01. The molecule has 0 radical (unpaired) electrons. The van der Waals surface area contributed by atoms with Gasteiger partial charge in [-0.05, 0) is 0 Å². The molecule has 0 aromatic heterocycles. The first-order valence-corrected chi connectivity index (χ1v) is 10.1. The summed E-state index contributed by atoms with van der Waals surface area (Å²) in [6.07, 6.45) is -0.00365. The van der Waals surface area contributed by atoms with Gasteiger partial charge in [0.25, 0.3) is 11.8 Å². The van der Waals surface area contributed by atoms with Gasteiger partial charge >= 0.3 is 17.9 Å². The van der Waals surface area contributed by atoms with Crippen LogP contribution in [0.15, 0.2) is 0 Å². The van der Waals surface area contributed by atoms with Crippen LogP contribution in [-0.2, 0) is 28.8 Å². The number of rotatable bonds is 7. The van der Waals surface area contributed by atoms with Gasteiger partial charge < -0.3 is 20.4 Å². The van der Waals surface area contributed by atoms with Gasteiger partial charge in [0.2, 0.25) is 0 Å². The highest BCUT2D eigenvalue weighted by Crippen LogP contribution is 2.12. The number of nitrogens with one attached hydrogen (secondary N) is 1. The molecule has 2 aliphatic rings. The van der Waals surface area contributed by atoms with Crippen molar-refractivity contribution in [3.05, 3.63) is 0 Å². The van der Waals surface area contributed by atoms with E-state index in [0.717, 1.165) is 0 Å². The van der Waals surface area contributed by atoms with Crippen LogP contribution in [0.5, 0.6) is 0 Å². The number of nitrogens with zero attached hydrogens (tertiary/aromatic N) is 4. The molecule has 0 spiro atoms. The van der Waals surface area contributed by atoms with Crippen LogP contribution in [0.2, 0.25) is 0 Å². The molecule has 0 bridgehead atoms. The standard InChI is InChI=1S/C18H29N5O8/c24-14-1-2-15(25)23(14)31-18(30)13-22-9-7-20(11-16(26)27)5-3-19-4-6-21(8-10-22)12-17(28)29/h19H,1-13H2,(H,26,27)(H,28,29). The number of carboxylic acid groups (broad SMARTS) is 2. The maximum atomic E-state index is 12.3. The zero-order valence-corrected chi connectivity index (χ0v) is 17.3. The summed E-state index contributed by atoms with van der Waals surface area (Å²) < 4.78 is 0. The van der Waals surface area contributed by atoms with E-state index in [4.69, 9.17) is 15.1 Å². The van der Waals surface area contributed by atoms with Crippen LogP contribution in [0.1, 0.15) is 12.8 Å². The quantitative estimate of drug-likeness (QED) is 0.349. The Kier molecular flexibility index (Phi) is 9.78. The van der Waals surface area contributed by atoms with E-state index in [1.54, 1.807) is 14.7 Å². The van der Waals surface area contributed by atoms with E-state index in [1.807, 2.05) is 0 Å². The third-order valence-corrected chi connectivity index (χ3v) is 4.94. The molecule has 0 aromatic rings. The molecule has 13 heteroatoms. The monoisotopic (exact) mass is 443 g/mol. The largest absolute Gasteiger partial charge is 0.480 e. The summed E-state index contributed by atoms with van der Waals surface area (Å²) in [4.78, 5) is 67.9. The molecule has 0 atom stereocenters. The Bertz CT molecular complexity index is 642. The lowest BCUT2D eigenvalue weighted by Crippen LogP contribution is -2.48. The summed E-state index contributed by atoms with van der Waals surface area (Å²) in [6.45, 7) is 2.87. The van der Waals surface area contributed by atoms with Crippen LogP contribution < -0.4 is 5.32 Å². The third kappa shape index (κ3) is 8.96. The first kappa shape index (κ1) is 24.7. The van der Waals surface area contributed by atoms with Crippen LogP contribution in [0, 0.1) is 0 Å². The van der Waals surface area contributed by atoms with Crippen molar-refractivity contribution in [3.8, 4) is 0 Å². The van der Waals surface area contributed by atoms with Crippen LogP contribution in [0.25, 0.3) is 0 Å². The second-order valence-electron chi connectivity index (χ2n) is 7.41. The number of amides is 2. The molecule has 2 saturated heterocycles. The zero-order valence-electron chi connectivity index (χ0n) is 17.3. The highest BCUT2D eigenvalue weighted by Gasteiger charge is 2.33. The van der Waals surface area contributed by atoms with Gasteiger partial charge in [-0.15, -0.1) is 5.06 Å². The summed E-state index contributed by atoms with van der Waals surface area (Å²) in [6, 6.07) is 0. The van der Waals surface area contributed by atoms with E-state index < -0.39 is 29.7 Å². The molecular weight excluding hydrogens is 414 g/mol. The molecule has 13 nitrogen and oxygen atoms in total. The first-order valence-electron chi connectivity index (χ1n) is 10.1. The topological polar surface area (TPSA) is 160 Å². The van der Waals surface area contributed by atoms with Gasteiger partial charge in [0, 0.05) is 65.2 Å². The second-order valence-corrected chi connectivity index (χ2v) is 7.41. The first-order chi connectivity index (χ1) is 14.7. The van der Waals surface area contributed by atoms with Crippen molar-refractivity contribution in [1.29, 1.82) is 0 Å². The van der Waals surface area contributed by atoms with Gasteiger partial charge in [-0.1, -0.05) is 0 Å². The number of carbonyl (C=O) groups is 5. The fourth-order valence-corrected chi connectivity index (χ4v) is 3.33. The minimum atomic E-state index is -0.961. The highest BCUT2D eigenvalue weighted by atomic mass is 16.7. The molecule has 0 saturated carbocycles. The maximum Gasteiger partial charge on any atom is 0.347 e. The molecule has 31 heavy (non-hydrogen) atoms. The zero-order chi connectivity index (χ0) is 22.8. The molecule has 2 rings (SSSR count). The summed E-state index contributed by atoms with van der Waals surface area (Å²) in [5, 5.41) is 21.9. The molecule has 0 aliphatic carbocycles. The van der Waals surface area contributed by atoms with Crippen LogP contribution in [0.4, 0.5) is 0 Å². The van der Waals surface area contributed by atoms with Gasteiger partial charge in [-0.2, -0.15) is 0 Å². The smallest absolute Gasteiger partial charge is 0.347 e. The number of hydrogen-bond acceptors (Lipinski definition) is 10. The van der Waals surface area contributed by atoms with Crippen LogP contribution >= 0.6 is 0 Å². The molecular formula is C18H29N5O8. The van der Waals surface area contributed by atoms with Crippen molar-refractivity contribution in [3.63, 3.8) is 0 Å². The minimum Gasteiger partial charge on any atom is -0.480 e. The fraction of sp³-hybridized carbons (Fsp3) is 0.722. The summed E-state index contributed by atoms with van der Waals surface area (Å²) >= 11 is 0. The van der Waals surface area contributed by atoms with Gasteiger partial charge in [0.1, 0.15) is 0 Å². The van der Waals surface area contributed by atoms with Crippen LogP contribution in [-0.4, -0.2) is 132 Å². The van der Waals surface area contributed by atoms with Crippen molar-refractivity contribution in [2.24, 2.45) is 0 Å². The lowest BCUT2D eigenvalue weighted by Gasteiger charge is -2.30. The Morgan fingerprint density at radius 3 is 1.58 bits per heavy atom. The van der Waals surface area contributed by atoms with Crippen molar-refractivity contribution in [1.82, 2.24) is 25.1 Å². The Balaban J connectivity index is 2.01. The van der Waals surface area contributed by atoms with E-state index in [9.17, 15) is 24.0 Å². The average Bonchev–Trinajstić information content (AvgIpc) is 2.99. The van der Waals surface area contributed by atoms with Crippen LogP contribution in [0.3, 0.4) is 0 Å². The predicted molar refractivity (Wildman–Crippen MR) is 105 cm³/mol. The fourth-order valence-electron chi connectivity index (χ4n) is 3.33. The number of aliphatic carboxylic acids is 2. The minimum absolute atomic E-state index is 0.00183. The molecule has 2 aliphatic heterocycles. The van der Waals surface area contributed by atoms with Crippen molar-refractivity contribution < 1.29 is 39.0 Å². The van der Waals surface area contributed by atoms with Gasteiger partial charge in [-0.3, -0.25) is 33.9 Å². The van der Waals surface area contributed by atoms with E-state index >= 15 is 0 Å². The third-order valence-electron chi connectivity index (χ3n) is 4.94. The lowest BCUT2D eigenvalue weighted by molar-refractivity contribution is -0.198. The molecule has 2 heterocycles. The Hall–Kier alpha value is -2.61. The van der Waals surface area contributed by atoms with Gasteiger partial charge in [0.15, 0.2) is 0 Å². The lowest BCUT2D eigenvalue weighted by atomic mass is 10.3. The number of hydroxylamine groups is 2. The van der Waals surface area contributed by atoms with Crippen molar-refractivity contribution >= 4 is 29.7 Å². The molecule has 0 unspecified atom stereocenters. The van der Waals surface area contributed by atoms with Crippen molar-refractivity contribution in [2.45, 2.75) is 12.8 Å². The molecule has 3 N–H and O–H groups in total. The molecule has 0 aromatic carbocycles. The Labute approximate surface area is 179 Å². The normalized spacial score (nSPS) is 20.8. The molecule has 174 valence electrons. The van der Waals surface area contributed by atoms with Crippen molar-refractivity contribution in [2.75, 3.05) is 72.0 Å². The second kappa shape index (κ2) is 12.3. The Morgan fingerprint density at radius 2 is 1.16 bits per heavy atom. The van der Waals surface area contributed by atoms with Gasteiger partial charge in [0.05, 0.1) is 19.6 Å². The molecule has 2 amide bonds. The number of hydrogen-bond donors (Lipinski definition) is 3. The van der Waals surface area contributed by atoms with E-state index in [-0.39, 0.29) is 32.5 Å². The van der Waals surface area contributed by atoms with E-state index in [0.29, 0.717) is 57.4 Å². The number of carbonyl (C=O) groups excluding carboxylic acids is 3. The molecule has 2 fully saturated rings. The number of carboxylic acids is 2. The summed E-state index contributed by atoms with van der Waals surface area (Å²) in [5.74, 6) is -3.85. The Morgan fingerprint density at radius 1 is 0.742 bits per heavy atom. The SMILES string of the molecule is O=C(O)CN1CCNCCN(CC(=O)O)CCN(CC(=O)ON2C(=O)CCC2=O)CC1. The predicted octanol–water partition coefficient (Wildman–Crippen LogP) is -2.73. The van der Waals surface area contributed by atoms with E-state index in [1.165, 1.54) is 0 Å². The average molecular weight is 443 g/mol. The van der Waals surface area contributed by atoms with E-state index in [2.05, 4.69) is 5.32 Å². The van der Waals surface area contributed by atoms with Gasteiger partial charge in [-0.25, -0.2) is 4.79 Å². The maximum absolute atomic E-state index is 12.3.